The van der Waals surface area contributed by atoms with Gasteiger partial charge in [0.05, 0.1) is 35.8 Å². The zero-order valence-corrected chi connectivity index (χ0v) is 11.9. The number of aliphatic hydroxyl groups excluding tert-OH is 1. The van der Waals surface area contributed by atoms with Crippen molar-refractivity contribution in [1.82, 2.24) is 14.7 Å². The van der Waals surface area contributed by atoms with Gasteiger partial charge in [-0.2, -0.15) is 10.4 Å². The van der Waals surface area contributed by atoms with Crippen molar-refractivity contribution in [2.24, 2.45) is 0 Å². The monoisotopic (exact) mass is 265 g/mol. The number of aliphatic hydroxyl groups is 1. The number of rotatable bonds is 7. The summed E-state index contributed by atoms with van der Waals surface area (Å²) >= 11 is 0. The molecule has 1 atom stereocenters. The van der Waals surface area contributed by atoms with Gasteiger partial charge in [0.2, 0.25) is 0 Å². The van der Waals surface area contributed by atoms with E-state index in [1.807, 2.05) is 20.8 Å². The van der Waals surface area contributed by atoms with Crippen LogP contribution in [0.1, 0.15) is 24.7 Å². The van der Waals surface area contributed by atoms with Crippen LogP contribution in [0.3, 0.4) is 0 Å². The topological polar surface area (TPSA) is 91.1 Å². The van der Waals surface area contributed by atoms with Gasteiger partial charge < -0.3 is 10.8 Å². The summed E-state index contributed by atoms with van der Waals surface area (Å²) in [5, 5.41) is 23.0. The van der Waals surface area contributed by atoms with Gasteiger partial charge in [0.25, 0.3) is 0 Å². The van der Waals surface area contributed by atoms with E-state index < -0.39 is 6.10 Å². The Kier molecular flexibility index (Phi) is 5.80. The summed E-state index contributed by atoms with van der Waals surface area (Å²) in [7, 11) is 0. The lowest BCUT2D eigenvalue weighted by Crippen LogP contribution is -2.35. The Morgan fingerprint density at radius 3 is 2.68 bits per heavy atom. The van der Waals surface area contributed by atoms with Gasteiger partial charge in [0.1, 0.15) is 0 Å². The quantitative estimate of drug-likeness (QED) is 0.756. The first-order valence-corrected chi connectivity index (χ1v) is 6.56. The Labute approximate surface area is 114 Å². The van der Waals surface area contributed by atoms with E-state index in [1.54, 1.807) is 4.68 Å². The highest BCUT2D eigenvalue weighted by atomic mass is 16.3. The van der Waals surface area contributed by atoms with Gasteiger partial charge in [-0.05, 0) is 20.4 Å². The van der Waals surface area contributed by atoms with Gasteiger partial charge >= 0.3 is 0 Å². The molecule has 1 aromatic heterocycles. The van der Waals surface area contributed by atoms with Crippen molar-refractivity contribution in [3.63, 3.8) is 0 Å². The van der Waals surface area contributed by atoms with Crippen LogP contribution in [0.25, 0.3) is 0 Å². The summed E-state index contributed by atoms with van der Waals surface area (Å²) in [6.45, 7) is 8.24. The first-order chi connectivity index (χ1) is 8.99. The average Bonchev–Trinajstić information content (AvgIpc) is 2.62. The number of anilines is 1. The van der Waals surface area contributed by atoms with E-state index in [0.717, 1.165) is 17.9 Å². The molecular formula is C13H23N5O. The molecule has 0 aliphatic rings. The number of hydrogen-bond donors (Lipinski definition) is 2. The molecule has 0 bridgehead atoms. The summed E-state index contributed by atoms with van der Waals surface area (Å²) in [5.41, 5.74) is 8.22. The van der Waals surface area contributed by atoms with Crippen molar-refractivity contribution in [3.05, 3.63) is 11.4 Å². The Hall–Kier alpha value is -1.58. The van der Waals surface area contributed by atoms with Crippen molar-refractivity contribution in [2.75, 3.05) is 25.4 Å². The Bertz CT molecular complexity index is 449. The number of nitrogens with two attached hydrogens (primary N) is 1. The van der Waals surface area contributed by atoms with Crippen LogP contribution >= 0.6 is 0 Å². The largest absolute Gasteiger partial charge is 0.396 e. The van der Waals surface area contributed by atoms with Gasteiger partial charge in [-0.15, -0.1) is 0 Å². The molecule has 1 aromatic rings. The molecule has 1 heterocycles. The van der Waals surface area contributed by atoms with Crippen LogP contribution in [0.4, 0.5) is 5.69 Å². The fraction of sp³-hybridized carbons (Fsp3) is 0.692. The number of aromatic nitrogens is 2. The molecular weight excluding hydrogens is 242 g/mol. The summed E-state index contributed by atoms with van der Waals surface area (Å²) in [4.78, 5) is 2.06. The standard InChI is InChI=1S/C13H23N5O/c1-4-17(7-5-6-14)8-12(19)9-18-11(3)13(15)10(2)16-18/h12,19H,4-5,7-9,15H2,1-3H3. The summed E-state index contributed by atoms with van der Waals surface area (Å²) in [6, 6.07) is 2.12. The van der Waals surface area contributed by atoms with Crippen LogP contribution in [-0.4, -0.2) is 45.5 Å². The maximum absolute atomic E-state index is 10.1. The molecule has 1 unspecified atom stereocenters. The third-order valence-electron chi connectivity index (χ3n) is 3.28. The van der Waals surface area contributed by atoms with Gasteiger partial charge in [-0.25, -0.2) is 0 Å². The van der Waals surface area contributed by atoms with E-state index in [1.165, 1.54) is 0 Å². The molecule has 0 aromatic carbocycles. The highest BCUT2D eigenvalue weighted by Gasteiger charge is 2.14. The second kappa shape index (κ2) is 7.12. The zero-order chi connectivity index (χ0) is 14.4. The molecule has 0 fully saturated rings. The molecule has 0 saturated heterocycles. The second-order valence-electron chi connectivity index (χ2n) is 4.72. The second-order valence-corrected chi connectivity index (χ2v) is 4.72. The van der Waals surface area contributed by atoms with Crippen molar-refractivity contribution >= 4 is 5.69 Å². The predicted molar refractivity (Wildman–Crippen MR) is 74.5 cm³/mol. The zero-order valence-electron chi connectivity index (χ0n) is 11.9. The minimum atomic E-state index is -0.518. The van der Waals surface area contributed by atoms with Gasteiger partial charge in [0, 0.05) is 19.5 Å². The van der Waals surface area contributed by atoms with Crippen LogP contribution in [0.5, 0.6) is 0 Å². The van der Waals surface area contributed by atoms with Crippen molar-refractivity contribution in [3.8, 4) is 6.07 Å². The van der Waals surface area contributed by atoms with Gasteiger partial charge in [0.15, 0.2) is 0 Å². The Balaban J connectivity index is 2.56. The highest BCUT2D eigenvalue weighted by molar-refractivity contribution is 5.46. The van der Waals surface area contributed by atoms with E-state index >= 15 is 0 Å². The molecule has 0 aliphatic heterocycles. The maximum atomic E-state index is 10.1. The first-order valence-electron chi connectivity index (χ1n) is 6.56. The smallest absolute Gasteiger partial charge is 0.0862 e. The maximum Gasteiger partial charge on any atom is 0.0862 e. The molecule has 106 valence electrons. The highest BCUT2D eigenvalue weighted by Crippen LogP contribution is 2.15. The fourth-order valence-electron chi connectivity index (χ4n) is 2.03. The lowest BCUT2D eigenvalue weighted by atomic mass is 10.3. The minimum Gasteiger partial charge on any atom is -0.396 e. The van der Waals surface area contributed by atoms with Crippen molar-refractivity contribution in [1.29, 1.82) is 5.26 Å². The minimum absolute atomic E-state index is 0.424. The number of nitriles is 1. The Morgan fingerprint density at radius 1 is 1.53 bits per heavy atom. The summed E-state index contributed by atoms with van der Waals surface area (Å²) in [5.74, 6) is 0. The lowest BCUT2D eigenvalue weighted by Gasteiger charge is -2.22. The molecule has 0 radical (unpaired) electrons. The van der Waals surface area contributed by atoms with Crippen LogP contribution < -0.4 is 5.73 Å². The van der Waals surface area contributed by atoms with E-state index in [9.17, 15) is 5.11 Å². The van der Waals surface area contributed by atoms with E-state index in [0.29, 0.717) is 31.7 Å². The van der Waals surface area contributed by atoms with Crippen LogP contribution in [0.15, 0.2) is 0 Å². The van der Waals surface area contributed by atoms with Crippen molar-refractivity contribution < 1.29 is 5.11 Å². The van der Waals surface area contributed by atoms with Crippen LogP contribution in [-0.2, 0) is 6.54 Å². The van der Waals surface area contributed by atoms with E-state index in [4.69, 9.17) is 11.0 Å². The molecule has 3 N–H and O–H groups in total. The number of hydrogen-bond acceptors (Lipinski definition) is 5. The third kappa shape index (κ3) is 4.23. The number of aryl methyl sites for hydroxylation is 1. The normalized spacial score (nSPS) is 12.6. The number of nitrogen functional groups attached to an aromatic ring is 1. The molecule has 6 nitrogen and oxygen atoms in total. The van der Waals surface area contributed by atoms with Crippen LogP contribution in [0, 0.1) is 25.2 Å². The molecule has 0 saturated carbocycles. The average molecular weight is 265 g/mol. The van der Waals surface area contributed by atoms with Crippen molar-refractivity contribution in [2.45, 2.75) is 39.8 Å². The predicted octanol–water partition coefficient (Wildman–Crippen LogP) is 0.679. The van der Waals surface area contributed by atoms with E-state index in [-0.39, 0.29) is 0 Å². The summed E-state index contributed by atoms with van der Waals surface area (Å²) in [6.07, 6.45) is -0.0380. The molecule has 0 spiro atoms. The molecule has 6 heteroatoms. The molecule has 0 amide bonds. The third-order valence-corrected chi connectivity index (χ3v) is 3.28. The molecule has 19 heavy (non-hydrogen) atoms. The molecule has 0 aliphatic carbocycles. The van der Waals surface area contributed by atoms with Gasteiger partial charge in [-0.3, -0.25) is 9.58 Å². The van der Waals surface area contributed by atoms with Gasteiger partial charge in [-0.1, -0.05) is 6.92 Å². The number of nitrogens with zero attached hydrogens (tertiary/aromatic N) is 4. The Morgan fingerprint density at radius 2 is 2.21 bits per heavy atom. The number of likely N-dealkylation sites (N-methyl/N-ethyl adjacent to an activating group) is 1. The summed E-state index contributed by atoms with van der Waals surface area (Å²) < 4.78 is 1.74. The molecule has 1 rings (SSSR count). The van der Waals surface area contributed by atoms with Crippen LogP contribution in [0.2, 0.25) is 0 Å². The SMILES string of the molecule is CCN(CCC#N)CC(O)Cn1nc(C)c(N)c1C. The first kappa shape index (κ1) is 15.5. The van der Waals surface area contributed by atoms with E-state index in [2.05, 4.69) is 16.1 Å². The fourth-order valence-corrected chi connectivity index (χ4v) is 2.03. The lowest BCUT2D eigenvalue weighted by molar-refractivity contribution is 0.0976.